The van der Waals surface area contributed by atoms with Crippen LogP contribution < -0.4 is 5.32 Å². The first-order valence-electron chi connectivity index (χ1n) is 6.49. The fourth-order valence-corrected chi connectivity index (χ4v) is 2.35. The Kier molecular flexibility index (Phi) is 4.15. The first-order chi connectivity index (χ1) is 9.92. The van der Waals surface area contributed by atoms with E-state index in [-0.39, 0.29) is 29.8 Å². The summed E-state index contributed by atoms with van der Waals surface area (Å²) >= 11 is 0. The third kappa shape index (κ3) is 3.15. The molecule has 2 amide bonds. The lowest BCUT2D eigenvalue weighted by molar-refractivity contribution is -0.144. The molecule has 21 heavy (non-hydrogen) atoms. The lowest BCUT2D eigenvalue weighted by Crippen LogP contribution is -2.34. The number of aromatic carboxylic acids is 1. The Morgan fingerprint density at radius 1 is 1.48 bits per heavy atom. The number of carboxylic acids is 1. The second-order valence-corrected chi connectivity index (χ2v) is 4.93. The van der Waals surface area contributed by atoms with E-state index in [1.165, 1.54) is 12.0 Å². The van der Waals surface area contributed by atoms with Crippen LogP contribution in [-0.4, -0.2) is 53.2 Å². The quantitative estimate of drug-likeness (QED) is 0.722. The zero-order valence-corrected chi connectivity index (χ0v) is 11.8. The number of methoxy groups -OCH3 is 1. The molecular formula is C13H17N3O5. The number of aryl methyl sites for hydroxylation is 1. The number of aromatic amines is 1. The van der Waals surface area contributed by atoms with Crippen molar-refractivity contribution < 1.29 is 24.2 Å². The molecule has 0 saturated carbocycles. The topological polar surface area (TPSA) is 112 Å². The molecule has 0 spiro atoms. The molecule has 3 N–H and O–H groups in total. The molecule has 0 bridgehead atoms. The number of aromatic nitrogens is 1. The molecule has 2 rings (SSSR count). The first kappa shape index (κ1) is 14.9. The Labute approximate surface area is 121 Å². The molecule has 8 heteroatoms. The summed E-state index contributed by atoms with van der Waals surface area (Å²) in [5.74, 6) is -1.81. The maximum Gasteiger partial charge on any atom is 0.354 e. The average molecular weight is 295 g/mol. The number of carbonyl (C=O) groups is 3. The second-order valence-electron chi connectivity index (χ2n) is 4.93. The van der Waals surface area contributed by atoms with Crippen LogP contribution in [0.2, 0.25) is 0 Å². The normalized spacial score (nSPS) is 17.6. The summed E-state index contributed by atoms with van der Waals surface area (Å²) in [4.78, 5) is 38.7. The van der Waals surface area contributed by atoms with Crippen LogP contribution in [0.5, 0.6) is 0 Å². The number of anilines is 1. The van der Waals surface area contributed by atoms with Crippen molar-refractivity contribution in [1.82, 2.24) is 9.88 Å². The van der Waals surface area contributed by atoms with Crippen LogP contribution in [-0.2, 0) is 9.53 Å². The number of hydrogen-bond donors (Lipinski definition) is 3. The molecule has 0 radical (unpaired) electrons. The number of H-pyrrole nitrogens is 1. The number of nitrogens with one attached hydrogen (secondary N) is 2. The van der Waals surface area contributed by atoms with Gasteiger partial charge in [-0.1, -0.05) is 0 Å². The Morgan fingerprint density at radius 3 is 2.81 bits per heavy atom. The van der Waals surface area contributed by atoms with E-state index in [9.17, 15) is 14.4 Å². The molecule has 1 unspecified atom stereocenters. The Bertz CT molecular complexity index is 580. The minimum atomic E-state index is -1.15. The standard InChI is InChI=1S/C13H17N3O5/c1-7-5-9(10(14-7)11(17)18)15-13(20)16-4-3-8(6-16)12(19)21-2/h5,8,14H,3-4,6H2,1-2H3,(H,15,20)(H,17,18). The van der Waals surface area contributed by atoms with Crippen LogP contribution in [0.3, 0.4) is 0 Å². The number of likely N-dealkylation sites (tertiary alicyclic amines) is 1. The number of amides is 2. The number of hydrogen-bond acceptors (Lipinski definition) is 4. The minimum Gasteiger partial charge on any atom is -0.477 e. The van der Waals surface area contributed by atoms with Gasteiger partial charge >= 0.3 is 18.0 Å². The molecule has 1 aromatic heterocycles. The molecule has 114 valence electrons. The molecule has 1 aliphatic rings. The van der Waals surface area contributed by atoms with Crippen molar-refractivity contribution in [2.45, 2.75) is 13.3 Å². The van der Waals surface area contributed by atoms with Gasteiger partial charge in [-0.05, 0) is 19.4 Å². The van der Waals surface area contributed by atoms with Gasteiger partial charge in [-0.3, -0.25) is 4.79 Å². The number of urea groups is 1. The van der Waals surface area contributed by atoms with Crippen molar-refractivity contribution in [3.05, 3.63) is 17.5 Å². The molecule has 2 heterocycles. The zero-order chi connectivity index (χ0) is 15.6. The van der Waals surface area contributed by atoms with Gasteiger partial charge in [0.1, 0.15) is 5.69 Å². The van der Waals surface area contributed by atoms with E-state index in [1.807, 2.05) is 0 Å². The van der Waals surface area contributed by atoms with Crippen LogP contribution in [0.25, 0.3) is 0 Å². The lowest BCUT2D eigenvalue weighted by atomic mass is 10.1. The summed E-state index contributed by atoms with van der Waals surface area (Å²) in [6, 6.07) is 1.12. The van der Waals surface area contributed by atoms with Gasteiger partial charge in [-0.25, -0.2) is 9.59 Å². The van der Waals surface area contributed by atoms with Crippen molar-refractivity contribution in [2.24, 2.45) is 5.92 Å². The maximum atomic E-state index is 12.1. The summed E-state index contributed by atoms with van der Waals surface area (Å²) in [6.45, 7) is 2.40. The molecular weight excluding hydrogens is 278 g/mol. The second kappa shape index (κ2) is 5.86. The molecule has 1 fully saturated rings. The Balaban J connectivity index is 2.03. The van der Waals surface area contributed by atoms with Gasteiger partial charge in [0.05, 0.1) is 18.7 Å². The van der Waals surface area contributed by atoms with Crippen molar-refractivity contribution >= 4 is 23.7 Å². The SMILES string of the molecule is COC(=O)C1CCN(C(=O)Nc2cc(C)[nH]c2C(=O)O)C1. The lowest BCUT2D eigenvalue weighted by Gasteiger charge is -2.16. The number of carbonyl (C=O) groups excluding carboxylic acids is 2. The average Bonchev–Trinajstić information content (AvgIpc) is 3.04. The summed E-state index contributed by atoms with van der Waals surface area (Å²) < 4.78 is 4.65. The molecule has 1 aromatic rings. The van der Waals surface area contributed by atoms with E-state index in [0.717, 1.165) is 0 Å². The monoisotopic (exact) mass is 295 g/mol. The Morgan fingerprint density at radius 2 is 2.19 bits per heavy atom. The predicted molar refractivity (Wildman–Crippen MR) is 73.2 cm³/mol. The highest BCUT2D eigenvalue weighted by Crippen LogP contribution is 2.21. The van der Waals surface area contributed by atoms with Crippen molar-refractivity contribution in [2.75, 3.05) is 25.5 Å². The van der Waals surface area contributed by atoms with Gasteiger partial charge in [0, 0.05) is 18.8 Å². The third-order valence-electron chi connectivity index (χ3n) is 3.42. The molecule has 0 aliphatic carbocycles. The van der Waals surface area contributed by atoms with Crippen molar-refractivity contribution in [3.63, 3.8) is 0 Å². The smallest absolute Gasteiger partial charge is 0.354 e. The minimum absolute atomic E-state index is 0.0652. The van der Waals surface area contributed by atoms with E-state index < -0.39 is 12.0 Å². The zero-order valence-electron chi connectivity index (χ0n) is 11.8. The van der Waals surface area contributed by atoms with Crippen LogP contribution in [0, 0.1) is 12.8 Å². The number of esters is 1. The number of ether oxygens (including phenoxy) is 1. The van der Waals surface area contributed by atoms with E-state index >= 15 is 0 Å². The fraction of sp³-hybridized carbons (Fsp3) is 0.462. The fourth-order valence-electron chi connectivity index (χ4n) is 2.35. The third-order valence-corrected chi connectivity index (χ3v) is 3.42. The summed E-state index contributed by atoms with van der Waals surface area (Å²) in [6.07, 6.45) is 0.540. The summed E-state index contributed by atoms with van der Waals surface area (Å²) in [5.41, 5.74) is 0.785. The predicted octanol–water partition coefficient (Wildman–Crippen LogP) is 1.05. The highest BCUT2D eigenvalue weighted by atomic mass is 16.5. The van der Waals surface area contributed by atoms with Crippen molar-refractivity contribution in [3.8, 4) is 0 Å². The summed E-state index contributed by atoms with van der Waals surface area (Å²) in [7, 11) is 1.31. The van der Waals surface area contributed by atoms with Crippen molar-refractivity contribution in [1.29, 1.82) is 0 Å². The van der Waals surface area contributed by atoms with Crippen LogP contribution in [0.15, 0.2) is 6.07 Å². The van der Waals surface area contributed by atoms with Crippen LogP contribution in [0.4, 0.5) is 10.5 Å². The van der Waals surface area contributed by atoms with Gasteiger partial charge in [0.25, 0.3) is 0 Å². The molecule has 1 saturated heterocycles. The van der Waals surface area contributed by atoms with Crippen LogP contribution >= 0.6 is 0 Å². The van der Waals surface area contributed by atoms with Crippen LogP contribution in [0.1, 0.15) is 22.6 Å². The first-order valence-corrected chi connectivity index (χ1v) is 6.49. The van der Waals surface area contributed by atoms with E-state index in [1.54, 1.807) is 13.0 Å². The van der Waals surface area contributed by atoms with E-state index in [2.05, 4.69) is 15.0 Å². The van der Waals surface area contributed by atoms with Gasteiger partial charge in [-0.2, -0.15) is 0 Å². The number of carboxylic acid groups (broad SMARTS) is 1. The largest absolute Gasteiger partial charge is 0.477 e. The van der Waals surface area contributed by atoms with Gasteiger partial charge in [-0.15, -0.1) is 0 Å². The number of nitrogens with zero attached hydrogens (tertiary/aromatic N) is 1. The summed E-state index contributed by atoms with van der Waals surface area (Å²) in [5, 5.41) is 11.6. The van der Waals surface area contributed by atoms with E-state index in [0.29, 0.717) is 18.7 Å². The highest BCUT2D eigenvalue weighted by molar-refractivity contribution is 5.99. The maximum absolute atomic E-state index is 12.1. The molecule has 1 atom stereocenters. The van der Waals surface area contributed by atoms with Gasteiger partial charge in [0.2, 0.25) is 0 Å². The number of rotatable bonds is 3. The van der Waals surface area contributed by atoms with Gasteiger partial charge in [0.15, 0.2) is 0 Å². The molecule has 8 nitrogen and oxygen atoms in total. The highest BCUT2D eigenvalue weighted by Gasteiger charge is 2.32. The molecule has 1 aliphatic heterocycles. The van der Waals surface area contributed by atoms with Gasteiger partial charge < -0.3 is 25.0 Å². The van der Waals surface area contributed by atoms with E-state index in [4.69, 9.17) is 5.11 Å². The Hall–Kier alpha value is -2.51. The molecule has 0 aromatic carbocycles.